The number of nitrogens with zero attached hydrogens (tertiary/aromatic N) is 2. The quantitative estimate of drug-likeness (QED) is 0.919. The molecular formula is C16H18ClN3. The molecule has 0 saturated heterocycles. The maximum absolute atomic E-state index is 6.47. The van der Waals surface area contributed by atoms with Crippen molar-refractivity contribution in [3.63, 3.8) is 0 Å². The molecule has 104 valence electrons. The number of fused-ring (bicyclic) bond motifs is 1. The second-order valence-corrected chi connectivity index (χ2v) is 5.74. The average molecular weight is 288 g/mol. The molecule has 0 spiro atoms. The Morgan fingerprint density at radius 3 is 2.95 bits per heavy atom. The molecule has 0 saturated carbocycles. The van der Waals surface area contributed by atoms with Crippen LogP contribution in [0.3, 0.4) is 0 Å². The van der Waals surface area contributed by atoms with Gasteiger partial charge in [-0.3, -0.25) is 0 Å². The van der Waals surface area contributed by atoms with Crippen molar-refractivity contribution in [1.29, 1.82) is 0 Å². The number of anilines is 2. The Hall–Kier alpha value is -1.58. The fourth-order valence-corrected chi connectivity index (χ4v) is 3.11. The minimum atomic E-state index is 0.430. The van der Waals surface area contributed by atoms with E-state index in [1.54, 1.807) is 6.20 Å². The van der Waals surface area contributed by atoms with Crippen LogP contribution in [0.2, 0.25) is 5.02 Å². The summed E-state index contributed by atoms with van der Waals surface area (Å²) in [5.74, 6) is 1.39. The second-order valence-electron chi connectivity index (χ2n) is 5.36. The number of pyridine rings is 1. The van der Waals surface area contributed by atoms with Crippen molar-refractivity contribution in [2.75, 3.05) is 11.4 Å². The largest absolute Gasteiger partial charge is 0.326 e. The monoisotopic (exact) mass is 287 g/mol. The zero-order chi connectivity index (χ0) is 14.1. The molecule has 2 aromatic rings. The second kappa shape index (κ2) is 5.43. The summed E-state index contributed by atoms with van der Waals surface area (Å²) in [4.78, 5) is 6.70. The fourth-order valence-electron chi connectivity index (χ4n) is 2.81. The lowest BCUT2D eigenvalue weighted by atomic mass is 9.94. The van der Waals surface area contributed by atoms with Crippen LogP contribution in [0.4, 0.5) is 11.5 Å². The van der Waals surface area contributed by atoms with Crippen LogP contribution in [-0.2, 0) is 13.0 Å². The van der Waals surface area contributed by atoms with Gasteiger partial charge in [-0.1, -0.05) is 36.7 Å². The standard InChI is InChI=1S/C16H18ClN3/c1-11-8-12-4-2-3-5-14(12)20(10-11)16-15(17)13(9-18)6-7-19-16/h2-7,11H,8-10,18H2,1H3. The fraction of sp³-hybridized carbons (Fsp3) is 0.312. The van der Waals surface area contributed by atoms with Crippen molar-refractivity contribution in [3.8, 4) is 0 Å². The molecule has 2 heterocycles. The van der Waals surface area contributed by atoms with Crippen LogP contribution in [-0.4, -0.2) is 11.5 Å². The third kappa shape index (κ3) is 2.28. The lowest BCUT2D eigenvalue weighted by Crippen LogP contribution is -2.31. The molecule has 4 heteroatoms. The Balaban J connectivity index is 2.11. The number of halogens is 1. The molecule has 1 aliphatic heterocycles. The summed E-state index contributed by atoms with van der Waals surface area (Å²) in [5.41, 5.74) is 9.23. The number of aromatic nitrogens is 1. The van der Waals surface area contributed by atoms with Crippen LogP contribution in [0.1, 0.15) is 18.1 Å². The molecule has 0 radical (unpaired) electrons. The van der Waals surface area contributed by atoms with Crippen molar-refractivity contribution in [1.82, 2.24) is 4.98 Å². The zero-order valence-electron chi connectivity index (χ0n) is 11.5. The van der Waals surface area contributed by atoms with Crippen LogP contribution in [0.25, 0.3) is 0 Å². The molecule has 1 atom stereocenters. The molecular weight excluding hydrogens is 270 g/mol. The highest BCUT2D eigenvalue weighted by atomic mass is 35.5. The van der Waals surface area contributed by atoms with Gasteiger partial charge in [0.25, 0.3) is 0 Å². The molecule has 0 amide bonds. The maximum atomic E-state index is 6.47. The zero-order valence-corrected chi connectivity index (χ0v) is 12.3. The molecule has 1 aromatic carbocycles. The third-order valence-electron chi connectivity index (χ3n) is 3.77. The summed E-state index contributed by atoms with van der Waals surface area (Å²) in [6.45, 7) is 3.61. The van der Waals surface area contributed by atoms with Crippen LogP contribution in [0, 0.1) is 5.92 Å². The summed E-state index contributed by atoms with van der Waals surface area (Å²) in [7, 11) is 0. The average Bonchev–Trinajstić information content (AvgIpc) is 2.46. The molecule has 3 rings (SSSR count). The van der Waals surface area contributed by atoms with Crippen molar-refractivity contribution < 1.29 is 0 Å². The van der Waals surface area contributed by atoms with Crippen molar-refractivity contribution in [3.05, 3.63) is 52.7 Å². The highest BCUT2D eigenvalue weighted by Gasteiger charge is 2.25. The van der Waals surface area contributed by atoms with E-state index in [-0.39, 0.29) is 0 Å². The lowest BCUT2D eigenvalue weighted by molar-refractivity contribution is 0.560. The Labute approximate surface area is 124 Å². The minimum Gasteiger partial charge on any atom is -0.326 e. The van der Waals surface area contributed by atoms with Gasteiger partial charge in [0.1, 0.15) is 0 Å². The Kier molecular flexibility index (Phi) is 3.64. The SMILES string of the molecule is CC1Cc2ccccc2N(c2nccc(CN)c2Cl)C1. The van der Waals surface area contributed by atoms with E-state index < -0.39 is 0 Å². The van der Waals surface area contributed by atoms with Crippen LogP contribution >= 0.6 is 11.6 Å². The number of benzene rings is 1. The maximum Gasteiger partial charge on any atom is 0.152 e. The molecule has 0 fully saturated rings. The molecule has 1 aliphatic rings. The van der Waals surface area contributed by atoms with Gasteiger partial charge in [-0.05, 0) is 35.6 Å². The summed E-state index contributed by atoms with van der Waals surface area (Å²) in [6, 6.07) is 10.3. The van der Waals surface area contributed by atoms with Gasteiger partial charge in [0.05, 0.1) is 5.02 Å². The van der Waals surface area contributed by atoms with Gasteiger partial charge in [0.2, 0.25) is 0 Å². The lowest BCUT2D eigenvalue weighted by Gasteiger charge is -2.34. The molecule has 1 unspecified atom stereocenters. The molecule has 0 bridgehead atoms. The highest BCUT2D eigenvalue weighted by molar-refractivity contribution is 6.33. The number of rotatable bonds is 2. The number of hydrogen-bond donors (Lipinski definition) is 1. The van der Waals surface area contributed by atoms with Crippen LogP contribution in [0.15, 0.2) is 36.5 Å². The van der Waals surface area contributed by atoms with E-state index >= 15 is 0 Å². The summed E-state index contributed by atoms with van der Waals surface area (Å²) < 4.78 is 0. The van der Waals surface area contributed by atoms with Gasteiger partial charge in [0.15, 0.2) is 5.82 Å². The molecule has 3 nitrogen and oxygen atoms in total. The summed E-state index contributed by atoms with van der Waals surface area (Å²) >= 11 is 6.47. The predicted molar refractivity (Wildman–Crippen MR) is 83.5 cm³/mol. The topological polar surface area (TPSA) is 42.2 Å². The molecule has 0 aliphatic carbocycles. The first-order valence-corrected chi connectivity index (χ1v) is 7.27. The smallest absolute Gasteiger partial charge is 0.152 e. The number of nitrogens with two attached hydrogens (primary N) is 1. The van der Waals surface area contributed by atoms with E-state index in [0.717, 1.165) is 24.3 Å². The van der Waals surface area contributed by atoms with E-state index in [2.05, 4.69) is 41.1 Å². The number of hydrogen-bond acceptors (Lipinski definition) is 3. The van der Waals surface area contributed by atoms with Crippen molar-refractivity contribution in [2.24, 2.45) is 11.7 Å². The van der Waals surface area contributed by atoms with Crippen LogP contribution in [0.5, 0.6) is 0 Å². The van der Waals surface area contributed by atoms with Crippen LogP contribution < -0.4 is 10.6 Å². The van der Waals surface area contributed by atoms with Crippen molar-refractivity contribution in [2.45, 2.75) is 19.9 Å². The van der Waals surface area contributed by atoms with Gasteiger partial charge >= 0.3 is 0 Å². The van der Waals surface area contributed by atoms with Crippen molar-refractivity contribution >= 4 is 23.1 Å². The normalized spacial score (nSPS) is 17.9. The highest BCUT2D eigenvalue weighted by Crippen LogP contribution is 2.38. The first-order chi connectivity index (χ1) is 9.70. The summed E-state index contributed by atoms with van der Waals surface area (Å²) in [5, 5.41) is 0.666. The minimum absolute atomic E-state index is 0.430. The van der Waals surface area contributed by atoms with E-state index in [4.69, 9.17) is 17.3 Å². The van der Waals surface area contributed by atoms with E-state index in [1.807, 2.05) is 6.07 Å². The Morgan fingerprint density at radius 2 is 2.15 bits per heavy atom. The molecule has 2 N–H and O–H groups in total. The van der Waals surface area contributed by atoms with E-state index in [9.17, 15) is 0 Å². The van der Waals surface area contributed by atoms with Gasteiger partial charge in [-0.2, -0.15) is 0 Å². The Morgan fingerprint density at radius 1 is 1.35 bits per heavy atom. The van der Waals surface area contributed by atoms with Gasteiger partial charge < -0.3 is 10.6 Å². The Bertz CT molecular complexity index is 627. The number of para-hydroxylation sites is 1. The van der Waals surface area contributed by atoms with E-state index in [0.29, 0.717) is 17.5 Å². The van der Waals surface area contributed by atoms with Gasteiger partial charge in [0, 0.05) is 25.0 Å². The molecule has 1 aromatic heterocycles. The first-order valence-electron chi connectivity index (χ1n) is 6.89. The third-order valence-corrected chi connectivity index (χ3v) is 4.18. The molecule has 20 heavy (non-hydrogen) atoms. The van der Waals surface area contributed by atoms with Gasteiger partial charge in [-0.25, -0.2) is 4.98 Å². The van der Waals surface area contributed by atoms with Gasteiger partial charge in [-0.15, -0.1) is 0 Å². The first kappa shape index (κ1) is 13.4. The predicted octanol–water partition coefficient (Wildman–Crippen LogP) is 3.52. The summed E-state index contributed by atoms with van der Waals surface area (Å²) in [6.07, 6.45) is 2.88. The van der Waals surface area contributed by atoms with E-state index in [1.165, 1.54) is 11.3 Å².